The van der Waals surface area contributed by atoms with Crippen LogP contribution in [0, 0.1) is 6.92 Å². The normalized spacial score (nSPS) is 10.5. The van der Waals surface area contributed by atoms with Crippen molar-refractivity contribution in [1.82, 2.24) is 9.97 Å². The molecule has 0 aliphatic carbocycles. The number of fused-ring (bicyclic) bond motifs is 1. The number of nitrogens with zero attached hydrogens (tertiary/aromatic N) is 2. The molecule has 0 radical (unpaired) electrons. The first kappa shape index (κ1) is 11.3. The lowest BCUT2D eigenvalue weighted by molar-refractivity contribution is 0.100. The Hall–Kier alpha value is -2.17. The zero-order valence-electron chi connectivity index (χ0n) is 9.73. The van der Waals surface area contributed by atoms with Crippen molar-refractivity contribution in [1.29, 1.82) is 0 Å². The largest absolute Gasteiger partial charge is 0.477 e. The zero-order chi connectivity index (χ0) is 12.4. The topological polar surface area (TPSA) is 78.1 Å². The average Bonchev–Trinajstić information content (AvgIpc) is 2.29. The average molecular weight is 231 g/mol. The van der Waals surface area contributed by atoms with E-state index in [1.807, 2.05) is 6.92 Å². The van der Waals surface area contributed by atoms with Crippen molar-refractivity contribution in [3.05, 3.63) is 29.5 Å². The molecule has 0 atom stereocenters. The number of benzene rings is 1. The van der Waals surface area contributed by atoms with Crippen LogP contribution >= 0.6 is 0 Å². The van der Waals surface area contributed by atoms with Crippen molar-refractivity contribution in [3.63, 3.8) is 0 Å². The monoisotopic (exact) mass is 231 g/mol. The number of primary amides is 1. The fraction of sp³-hybridized carbons (Fsp3) is 0.250. The molecule has 88 valence electrons. The van der Waals surface area contributed by atoms with Crippen LogP contribution in [0.4, 0.5) is 0 Å². The van der Waals surface area contributed by atoms with E-state index in [0.29, 0.717) is 34.8 Å². The highest BCUT2D eigenvalue weighted by Gasteiger charge is 2.11. The lowest BCUT2D eigenvalue weighted by atomic mass is 10.1. The van der Waals surface area contributed by atoms with E-state index in [1.54, 1.807) is 25.1 Å². The second-order valence-corrected chi connectivity index (χ2v) is 3.58. The van der Waals surface area contributed by atoms with Crippen LogP contribution in [0.3, 0.4) is 0 Å². The predicted octanol–water partition coefficient (Wildman–Crippen LogP) is 1.44. The summed E-state index contributed by atoms with van der Waals surface area (Å²) in [6.07, 6.45) is 0. The molecule has 2 aromatic rings. The molecule has 2 rings (SSSR count). The maximum Gasteiger partial charge on any atom is 0.250 e. The minimum absolute atomic E-state index is 0.376. The van der Waals surface area contributed by atoms with Gasteiger partial charge in [0, 0.05) is 0 Å². The maximum absolute atomic E-state index is 11.3. The fourth-order valence-corrected chi connectivity index (χ4v) is 1.62. The van der Waals surface area contributed by atoms with E-state index in [-0.39, 0.29) is 0 Å². The Balaban J connectivity index is 2.69. The van der Waals surface area contributed by atoms with Crippen LogP contribution in [0.1, 0.15) is 23.0 Å². The van der Waals surface area contributed by atoms with Crippen LogP contribution in [0.2, 0.25) is 0 Å². The van der Waals surface area contributed by atoms with Gasteiger partial charge in [0.05, 0.1) is 17.7 Å². The summed E-state index contributed by atoms with van der Waals surface area (Å²) in [5.41, 5.74) is 7.43. The van der Waals surface area contributed by atoms with Crippen molar-refractivity contribution in [2.24, 2.45) is 5.73 Å². The lowest BCUT2D eigenvalue weighted by Gasteiger charge is -2.08. The van der Waals surface area contributed by atoms with Crippen LogP contribution in [-0.2, 0) is 0 Å². The molecule has 0 bridgehead atoms. The molecule has 0 aliphatic heterocycles. The highest BCUT2D eigenvalue weighted by Crippen LogP contribution is 2.20. The summed E-state index contributed by atoms with van der Waals surface area (Å²) in [7, 11) is 0. The van der Waals surface area contributed by atoms with Crippen molar-refractivity contribution < 1.29 is 9.53 Å². The summed E-state index contributed by atoms with van der Waals surface area (Å²) in [6, 6.07) is 5.14. The highest BCUT2D eigenvalue weighted by atomic mass is 16.5. The summed E-state index contributed by atoms with van der Waals surface area (Å²) < 4.78 is 5.36. The molecule has 2 N–H and O–H groups in total. The fourth-order valence-electron chi connectivity index (χ4n) is 1.62. The predicted molar refractivity (Wildman–Crippen MR) is 64.0 cm³/mol. The van der Waals surface area contributed by atoms with E-state index in [2.05, 4.69) is 9.97 Å². The Bertz CT molecular complexity index is 581. The number of carbonyl (C=O) groups excluding carboxylic acids is 1. The quantitative estimate of drug-likeness (QED) is 0.866. The second-order valence-electron chi connectivity index (χ2n) is 3.58. The van der Waals surface area contributed by atoms with Gasteiger partial charge >= 0.3 is 0 Å². The number of rotatable bonds is 3. The third-order valence-electron chi connectivity index (χ3n) is 2.37. The Morgan fingerprint density at radius 1 is 1.41 bits per heavy atom. The summed E-state index contributed by atoms with van der Waals surface area (Å²) in [6.45, 7) is 4.19. The Labute approximate surface area is 98.6 Å². The van der Waals surface area contributed by atoms with Crippen molar-refractivity contribution in [2.45, 2.75) is 13.8 Å². The lowest BCUT2D eigenvalue weighted by Crippen LogP contribution is -2.12. The summed E-state index contributed by atoms with van der Waals surface area (Å²) in [5, 5.41) is 0. The van der Waals surface area contributed by atoms with Crippen LogP contribution in [0.25, 0.3) is 11.0 Å². The van der Waals surface area contributed by atoms with E-state index in [4.69, 9.17) is 10.5 Å². The molecule has 0 unspecified atom stereocenters. The van der Waals surface area contributed by atoms with E-state index >= 15 is 0 Å². The van der Waals surface area contributed by atoms with Crippen LogP contribution in [0.5, 0.6) is 5.88 Å². The van der Waals surface area contributed by atoms with Gasteiger partial charge in [0.2, 0.25) is 5.88 Å². The molecule has 5 nitrogen and oxygen atoms in total. The summed E-state index contributed by atoms with van der Waals surface area (Å²) in [4.78, 5) is 19.9. The Morgan fingerprint density at radius 2 is 2.18 bits per heavy atom. The van der Waals surface area contributed by atoms with Crippen molar-refractivity contribution >= 4 is 16.9 Å². The standard InChI is InChI=1S/C12H13N3O2/c1-3-17-12-7(2)14-10-8(11(13)16)5-4-6-9(10)15-12/h4-6H,3H2,1-2H3,(H2,13,16). The van der Waals surface area contributed by atoms with Crippen molar-refractivity contribution in [3.8, 4) is 5.88 Å². The first-order valence-electron chi connectivity index (χ1n) is 5.33. The molecule has 1 aromatic heterocycles. The number of carbonyl (C=O) groups is 1. The van der Waals surface area contributed by atoms with E-state index < -0.39 is 5.91 Å². The van der Waals surface area contributed by atoms with Crippen molar-refractivity contribution in [2.75, 3.05) is 6.61 Å². The van der Waals surface area contributed by atoms with Gasteiger partial charge in [0.25, 0.3) is 5.91 Å². The number of aromatic nitrogens is 2. The third-order valence-corrected chi connectivity index (χ3v) is 2.37. The van der Waals surface area contributed by atoms with E-state index in [9.17, 15) is 4.79 Å². The smallest absolute Gasteiger partial charge is 0.250 e. The highest BCUT2D eigenvalue weighted by molar-refractivity contribution is 6.03. The first-order chi connectivity index (χ1) is 8.13. The van der Waals surface area contributed by atoms with Gasteiger partial charge in [-0.1, -0.05) is 6.07 Å². The minimum Gasteiger partial charge on any atom is -0.477 e. The zero-order valence-corrected chi connectivity index (χ0v) is 9.73. The van der Waals surface area contributed by atoms with Gasteiger partial charge in [-0.25, -0.2) is 9.97 Å². The molecule has 17 heavy (non-hydrogen) atoms. The molecular formula is C12H13N3O2. The van der Waals surface area contributed by atoms with Gasteiger partial charge in [-0.2, -0.15) is 0 Å². The Morgan fingerprint density at radius 3 is 2.82 bits per heavy atom. The van der Waals surface area contributed by atoms with Gasteiger partial charge in [-0.3, -0.25) is 4.79 Å². The van der Waals surface area contributed by atoms with Crippen LogP contribution in [0.15, 0.2) is 18.2 Å². The van der Waals surface area contributed by atoms with Gasteiger partial charge < -0.3 is 10.5 Å². The van der Waals surface area contributed by atoms with E-state index in [1.165, 1.54) is 0 Å². The Kier molecular flexibility index (Phi) is 2.91. The number of hydrogen-bond donors (Lipinski definition) is 1. The first-order valence-corrected chi connectivity index (χ1v) is 5.33. The summed E-state index contributed by atoms with van der Waals surface area (Å²) >= 11 is 0. The summed E-state index contributed by atoms with van der Waals surface area (Å²) in [5.74, 6) is -0.0184. The number of amides is 1. The molecule has 0 saturated heterocycles. The molecule has 1 aromatic carbocycles. The van der Waals surface area contributed by atoms with Gasteiger partial charge in [0.1, 0.15) is 11.2 Å². The maximum atomic E-state index is 11.3. The molecular weight excluding hydrogens is 218 g/mol. The molecule has 1 heterocycles. The van der Waals surface area contributed by atoms with Crippen LogP contribution in [-0.4, -0.2) is 22.5 Å². The molecule has 5 heteroatoms. The van der Waals surface area contributed by atoms with Crippen LogP contribution < -0.4 is 10.5 Å². The minimum atomic E-state index is -0.506. The number of hydrogen-bond acceptors (Lipinski definition) is 4. The van der Waals surface area contributed by atoms with Gasteiger partial charge in [-0.05, 0) is 26.0 Å². The number of aryl methyl sites for hydroxylation is 1. The third kappa shape index (κ3) is 2.04. The molecule has 0 spiro atoms. The van der Waals surface area contributed by atoms with Gasteiger partial charge in [0.15, 0.2) is 0 Å². The molecule has 0 fully saturated rings. The number of para-hydroxylation sites is 1. The molecule has 0 saturated carbocycles. The molecule has 1 amide bonds. The van der Waals surface area contributed by atoms with E-state index in [0.717, 1.165) is 0 Å². The molecule has 0 aliphatic rings. The number of ether oxygens (including phenoxy) is 1. The second kappa shape index (κ2) is 4.37. The SMILES string of the molecule is CCOc1nc2cccc(C(N)=O)c2nc1C. The number of nitrogens with two attached hydrogens (primary N) is 1. The van der Waals surface area contributed by atoms with Gasteiger partial charge in [-0.15, -0.1) is 0 Å².